The molecule has 1 aromatic rings. The topological polar surface area (TPSA) is 12.0 Å². The minimum Gasteiger partial charge on any atom is -0.312 e. The van der Waals surface area contributed by atoms with E-state index < -0.39 is 0 Å². The molecule has 1 nitrogen and oxygen atoms in total. The highest BCUT2D eigenvalue weighted by Gasteiger charge is 2.13. The average molecular weight is 215 g/mol. The van der Waals surface area contributed by atoms with Gasteiger partial charge >= 0.3 is 0 Å². The summed E-state index contributed by atoms with van der Waals surface area (Å²) in [7, 11) is 2.00. The van der Waals surface area contributed by atoms with Gasteiger partial charge in [0.25, 0.3) is 0 Å². The van der Waals surface area contributed by atoms with Gasteiger partial charge < -0.3 is 5.32 Å². The van der Waals surface area contributed by atoms with E-state index in [1.165, 1.54) is 22.3 Å². The Balaban J connectivity index is 3.12. The standard InChI is InChI=1S/C15H21N/c1-6-7-8-14(16-5)15-12(3)9-11(2)10-13(15)4/h9-10,14,16H,8H2,1-5H3. The molecular weight excluding hydrogens is 194 g/mol. The fraction of sp³-hybridized carbons (Fsp3) is 0.467. The fourth-order valence-electron chi connectivity index (χ4n) is 2.29. The second kappa shape index (κ2) is 5.72. The number of rotatable bonds is 3. The van der Waals surface area contributed by atoms with E-state index in [0.29, 0.717) is 6.04 Å². The summed E-state index contributed by atoms with van der Waals surface area (Å²) in [6.45, 7) is 8.39. The predicted octanol–water partition coefficient (Wildman–Crippen LogP) is 3.29. The molecule has 0 aliphatic carbocycles. The van der Waals surface area contributed by atoms with Crippen molar-refractivity contribution in [2.75, 3.05) is 7.05 Å². The monoisotopic (exact) mass is 215 g/mol. The van der Waals surface area contributed by atoms with Crippen LogP contribution in [0, 0.1) is 32.6 Å². The molecular formula is C15H21N. The Morgan fingerprint density at radius 1 is 1.19 bits per heavy atom. The highest BCUT2D eigenvalue weighted by molar-refractivity contribution is 5.40. The van der Waals surface area contributed by atoms with Gasteiger partial charge in [-0.05, 0) is 51.4 Å². The van der Waals surface area contributed by atoms with Gasteiger partial charge in [0.1, 0.15) is 0 Å². The molecule has 0 aliphatic rings. The Kier molecular flexibility index (Phi) is 4.58. The molecule has 0 aromatic heterocycles. The van der Waals surface area contributed by atoms with Crippen molar-refractivity contribution in [3.8, 4) is 11.8 Å². The average Bonchev–Trinajstić information content (AvgIpc) is 2.21. The van der Waals surface area contributed by atoms with E-state index in [1.807, 2.05) is 14.0 Å². The van der Waals surface area contributed by atoms with Crippen LogP contribution in [-0.2, 0) is 0 Å². The SMILES string of the molecule is CC#CCC(NC)c1c(C)cc(C)cc1C. The molecule has 0 radical (unpaired) electrons. The van der Waals surface area contributed by atoms with Crippen LogP contribution >= 0.6 is 0 Å². The molecule has 0 saturated heterocycles. The van der Waals surface area contributed by atoms with Gasteiger partial charge in [-0.2, -0.15) is 0 Å². The van der Waals surface area contributed by atoms with E-state index in [2.05, 4.69) is 50.1 Å². The fourth-order valence-corrected chi connectivity index (χ4v) is 2.29. The maximum atomic E-state index is 3.35. The zero-order valence-electron chi connectivity index (χ0n) is 10.9. The van der Waals surface area contributed by atoms with Crippen LogP contribution in [0.2, 0.25) is 0 Å². The van der Waals surface area contributed by atoms with E-state index >= 15 is 0 Å². The Morgan fingerprint density at radius 2 is 1.75 bits per heavy atom. The van der Waals surface area contributed by atoms with Gasteiger partial charge in [0.15, 0.2) is 0 Å². The van der Waals surface area contributed by atoms with Crippen molar-refractivity contribution in [3.05, 3.63) is 34.4 Å². The quantitative estimate of drug-likeness (QED) is 0.763. The summed E-state index contributed by atoms with van der Waals surface area (Å²) in [4.78, 5) is 0. The number of hydrogen-bond donors (Lipinski definition) is 1. The third kappa shape index (κ3) is 2.87. The van der Waals surface area contributed by atoms with E-state index in [0.717, 1.165) is 6.42 Å². The zero-order valence-corrected chi connectivity index (χ0v) is 10.9. The lowest BCUT2D eigenvalue weighted by Crippen LogP contribution is -2.18. The molecule has 1 unspecified atom stereocenters. The van der Waals surface area contributed by atoms with Crippen molar-refractivity contribution >= 4 is 0 Å². The van der Waals surface area contributed by atoms with Crippen LogP contribution < -0.4 is 5.32 Å². The summed E-state index contributed by atoms with van der Waals surface area (Å²) in [6.07, 6.45) is 0.873. The molecule has 1 aromatic carbocycles. The maximum Gasteiger partial charge on any atom is 0.0433 e. The largest absolute Gasteiger partial charge is 0.312 e. The third-order valence-corrected chi connectivity index (χ3v) is 2.92. The summed E-state index contributed by atoms with van der Waals surface area (Å²) >= 11 is 0. The first-order valence-electron chi connectivity index (χ1n) is 5.74. The van der Waals surface area contributed by atoms with E-state index in [4.69, 9.17) is 0 Å². The van der Waals surface area contributed by atoms with Crippen molar-refractivity contribution in [2.45, 2.75) is 40.2 Å². The molecule has 0 fully saturated rings. The Morgan fingerprint density at radius 3 is 2.19 bits per heavy atom. The van der Waals surface area contributed by atoms with Crippen molar-refractivity contribution in [1.29, 1.82) is 0 Å². The van der Waals surface area contributed by atoms with E-state index in [-0.39, 0.29) is 0 Å². The van der Waals surface area contributed by atoms with Gasteiger partial charge in [0, 0.05) is 12.5 Å². The first kappa shape index (κ1) is 12.8. The van der Waals surface area contributed by atoms with Gasteiger partial charge in [0.05, 0.1) is 0 Å². The first-order chi connectivity index (χ1) is 7.60. The third-order valence-electron chi connectivity index (χ3n) is 2.92. The van der Waals surface area contributed by atoms with E-state index in [1.54, 1.807) is 0 Å². The summed E-state index contributed by atoms with van der Waals surface area (Å²) in [5.41, 5.74) is 5.44. The molecule has 0 aliphatic heterocycles. The predicted molar refractivity (Wildman–Crippen MR) is 70.5 cm³/mol. The molecule has 1 rings (SSSR count). The van der Waals surface area contributed by atoms with Crippen molar-refractivity contribution < 1.29 is 0 Å². The lowest BCUT2D eigenvalue weighted by Gasteiger charge is -2.20. The minimum absolute atomic E-state index is 0.341. The Bertz CT molecular complexity index is 398. The van der Waals surface area contributed by atoms with Crippen LogP contribution in [0.4, 0.5) is 0 Å². The Hall–Kier alpha value is -1.26. The van der Waals surface area contributed by atoms with Crippen LogP contribution in [0.3, 0.4) is 0 Å². The molecule has 1 heteroatoms. The van der Waals surface area contributed by atoms with Crippen LogP contribution in [0.15, 0.2) is 12.1 Å². The molecule has 86 valence electrons. The van der Waals surface area contributed by atoms with Gasteiger partial charge in [-0.1, -0.05) is 17.7 Å². The van der Waals surface area contributed by atoms with Gasteiger partial charge in [-0.25, -0.2) is 0 Å². The van der Waals surface area contributed by atoms with Crippen LogP contribution in [0.1, 0.15) is 41.6 Å². The molecule has 0 saturated carbocycles. The molecule has 1 N–H and O–H groups in total. The molecule has 0 heterocycles. The van der Waals surface area contributed by atoms with Crippen molar-refractivity contribution in [2.24, 2.45) is 0 Å². The first-order valence-corrected chi connectivity index (χ1v) is 5.74. The lowest BCUT2D eigenvalue weighted by atomic mass is 9.92. The smallest absolute Gasteiger partial charge is 0.0433 e. The zero-order chi connectivity index (χ0) is 12.1. The minimum atomic E-state index is 0.341. The van der Waals surface area contributed by atoms with Crippen LogP contribution in [-0.4, -0.2) is 7.05 Å². The lowest BCUT2D eigenvalue weighted by molar-refractivity contribution is 0.604. The molecule has 0 bridgehead atoms. The van der Waals surface area contributed by atoms with E-state index in [9.17, 15) is 0 Å². The summed E-state index contributed by atoms with van der Waals surface area (Å²) in [5, 5.41) is 3.35. The molecule has 0 amide bonds. The van der Waals surface area contributed by atoms with Crippen molar-refractivity contribution in [3.63, 3.8) is 0 Å². The summed E-state index contributed by atoms with van der Waals surface area (Å²) in [6, 6.07) is 4.83. The highest BCUT2D eigenvalue weighted by Crippen LogP contribution is 2.25. The number of hydrogen-bond acceptors (Lipinski definition) is 1. The van der Waals surface area contributed by atoms with Gasteiger partial charge in [0.2, 0.25) is 0 Å². The molecule has 0 spiro atoms. The second-order valence-electron chi connectivity index (χ2n) is 4.28. The maximum absolute atomic E-state index is 3.35. The molecule has 1 atom stereocenters. The van der Waals surface area contributed by atoms with Gasteiger partial charge in [-0.15, -0.1) is 11.8 Å². The normalized spacial score (nSPS) is 11.8. The molecule has 16 heavy (non-hydrogen) atoms. The second-order valence-corrected chi connectivity index (χ2v) is 4.28. The van der Waals surface area contributed by atoms with Crippen LogP contribution in [0.25, 0.3) is 0 Å². The number of aryl methyl sites for hydroxylation is 3. The number of nitrogens with one attached hydrogen (secondary N) is 1. The highest BCUT2D eigenvalue weighted by atomic mass is 14.9. The summed E-state index contributed by atoms with van der Waals surface area (Å²) in [5.74, 6) is 6.12. The van der Waals surface area contributed by atoms with Crippen LogP contribution in [0.5, 0.6) is 0 Å². The summed E-state index contributed by atoms with van der Waals surface area (Å²) < 4.78 is 0. The Labute approximate surface area is 99.3 Å². The number of benzene rings is 1. The van der Waals surface area contributed by atoms with Crippen molar-refractivity contribution in [1.82, 2.24) is 5.32 Å². The van der Waals surface area contributed by atoms with Gasteiger partial charge in [-0.3, -0.25) is 0 Å².